The zero-order chi connectivity index (χ0) is 32.7. The molecule has 0 fully saturated rings. The van der Waals surface area contributed by atoms with Crippen molar-refractivity contribution in [2.75, 3.05) is 16.8 Å². The summed E-state index contributed by atoms with van der Waals surface area (Å²) >= 11 is 6.48. The van der Waals surface area contributed by atoms with Crippen LogP contribution in [-0.4, -0.2) is 28.3 Å². The molecule has 1 N–H and O–H groups in total. The Kier molecular flexibility index (Phi) is 8.56. The van der Waals surface area contributed by atoms with Crippen LogP contribution in [0.2, 0.25) is 0 Å². The van der Waals surface area contributed by atoms with E-state index in [0.29, 0.717) is 26.4 Å². The maximum absolute atomic E-state index is 13.6. The minimum Gasteiger partial charge on any atom is -0.455 e. The Labute approximate surface area is 270 Å². The number of rotatable bonds is 3. The molecule has 15 heteroatoms. The predicted octanol–water partition coefficient (Wildman–Crippen LogP) is 6.66. The van der Waals surface area contributed by atoms with Gasteiger partial charge in [-0.2, -0.15) is 5.26 Å². The second-order valence-corrected chi connectivity index (χ2v) is 11.9. The van der Waals surface area contributed by atoms with Crippen LogP contribution in [0.5, 0.6) is 11.8 Å². The molecule has 230 valence electrons. The Bertz CT molecular complexity index is 1870. The normalized spacial score (nSPS) is 19.9. The highest BCUT2D eigenvalue weighted by Crippen LogP contribution is 2.42. The number of nitriles is 1. The van der Waals surface area contributed by atoms with Gasteiger partial charge in [-0.3, -0.25) is 14.5 Å². The van der Waals surface area contributed by atoms with Gasteiger partial charge in [0, 0.05) is 44.6 Å². The van der Waals surface area contributed by atoms with Crippen LogP contribution in [0.25, 0.3) is 0 Å². The van der Waals surface area contributed by atoms with Gasteiger partial charge in [0.1, 0.15) is 41.2 Å². The highest BCUT2D eigenvalue weighted by atomic mass is 79.9. The highest BCUT2D eigenvalue weighted by molar-refractivity contribution is 9.10. The van der Waals surface area contributed by atoms with Gasteiger partial charge in [0.15, 0.2) is 0 Å². The van der Waals surface area contributed by atoms with Gasteiger partial charge in [-0.1, -0.05) is 0 Å². The third kappa shape index (κ3) is 6.20. The average molecular weight is 749 g/mol. The lowest BCUT2D eigenvalue weighted by atomic mass is 9.92. The minimum absolute atomic E-state index is 0.00306. The number of fused-ring (bicyclic) bond motifs is 2. The zero-order valence-electron chi connectivity index (χ0n) is 23.2. The number of ether oxygens (including phenoxy) is 2. The van der Waals surface area contributed by atoms with Crippen molar-refractivity contribution in [1.29, 1.82) is 5.26 Å². The lowest BCUT2D eigenvalue weighted by molar-refractivity contribution is -0.135. The molecule has 0 radical (unpaired) electrons. The number of halogens is 6. The van der Waals surface area contributed by atoms with E-state index in [1.165, 1.54) is 31.1 Å². The van der Waals surface area contributed by atoms with Crippen LogP contribution in [0.4, 0.5) is 28.9 Å². The van der Waals surface area contributed by atoms with E-state index in [1.54, 1.807) is 12.1 Å². The second kappa shape index (κ2) is 12.1. The second-order valence-electron chi connectivity index (χ2n) is 10.1. The SMILES string of the molecule is C[C@@]1(c2cc(F)cc(F)c2)Oc2ncc(Br)cc2N(CC#N)C1=O.C[C@@]1(c2cc(F)cc(F)c2)Oc2ncc(Br)cc2NC1=O. The fourth-order valence-corrected chi connectivity index (χ4v) is 5.28. The number of nitrogens with one attached hydrogen (secondary N) is 1. The molecule has 4 heterocycles. The van der Waals surface area contributed by atoms with Gasteiger partial charge in [0.05, 0.1) is 6.07 Å². The standard InChI is InChI=1S/C16H10BrF2N3O2.C14H9BrF2N2O2/c1-16(9-4-11(18)7-12(19)5-9)15(23)22(3-2-20)13-6-10(17)8-21-14(13)24-16;1-14(7-2-9(16)5-10(17)3-7)13(20)19-11-4-8(15)6-18-12(11)21-14/h4-8H,3H2,1H3;2-6H,1H3,(H,19,20)/t16-;14-/m00/s1. The summed E-state index contributed by atoms with van der Waals surface area (Å²) in [5, 5.41) is 11.7. The topological polar surface area (TPSA) is 117 Å². The summed E-state index contributed by atoms with van der Waals surface area (Å²) in [4.78, 5) is 34.5. The average Bonchev–Trinajstić information content (AvgIpc) is 2.96. The quantitative estimate of drug-likeness (QED) is 0.184. The lowest BCUT2D eigenvalue weighted by Gasteiger charge is -2.39. The number of hydrogen-bond donors (Lipinski definition) is 1. The molecular weight excluding hydrogens is 730 g/mol. The molecule has 45 heavy (non-hydrogen) atoms. The number of pyridine rings is 2. The summed E-state index contributed by atoms with van der Waals surface area (Å²) in [6.45, 7) is 2.57. The summed E-state index contributed by atoms with van der Waals surface area (Å²) in [7, 11) is 0. The van der Waals surface area contributed by atoms with E-state index in [-0.39, 0.29) is 29.4 Å². The van der Waals surface area contributed by atoms with Crippen molar-refractivity contribution in [2.45, 2.75) is 25.0 Å². The van der Waals surface area contributed by atoms with E-state index in [4.69, 9.17) is 14.7 Å². The molecule has 0 saturated heterocycles. The van der Waals surface area contributed by atoms with Gasteiger partial charge < -0.3 is 14.8 Å². The molecule has 0 aliphatic carbocycles. The summed E-state index contributed by atoms with van der Waals surface area (Å²) in [6.07, 6.45) is 2.97. The lowest BCUT2D eigenvalue weighted by Crippen LogP contribution is -2.52. The summed E-state index contributed by atoms with van der Waals surface area (Å²) < 4.78 is 66.5. The zero-order valence-corrected chi connectivity index (χ0v) is 26.3. The first-order chi connectivity index (χ1) is 21.2. The maximum atomic E-state index is 13.6. The Morgan fingerprint density at radius 2 is 1.29 bits per heavy atom. The van der Waals surface area contributed by atoms with Crippen molar-refractivity contribution >= 4 is 55.0 Å². The number of aromatic nitrogens is 2. The summed E-state index contributed by atoms with van der Waals surface area (Å²) in [5.41, 5.74) is -2.48. The molecule has 0 unspecified atom stereocenters. The van der Waals surface area contributed by atoms with E-state index >= 15 is 0 Å². The van der Waals surface area contributed by atoms with Crippen LogP contribution in [-0.2, 0) is 20.8 Å². The summed E-state index contributed by atoms with van der Waals surface area (Å²) in [6, 6.07) is 10.7. The fraction of sp³-hybridized carbons (Fsp3) is 0.167. The predicted molar refractivity (Wildman–Crippen MR) is 159 cm³/mol. The molecule has 0 spiro atoms. The number of amides is 2. The van der Waals surface area contributed by atoms with Gasteiger partial charge in [0.2, 0.25) is 23.0 Å². The number of anilines is 2. The minimum atomic E-state index is -1.70. The maximum Gasteiger partial charge on any atom is 0.276 e. The molecule has 4 aromatic rings. The molecule has 2 aliphatic rings. The van der Waals surface area contributed by atoms with E-state index in [9.17, 15) is 27.2 Å². The Balaban J connectivity index is 0.000000179. The van der Waals surface area contributed by atoms with E-state index in [0.717, 1.165) is 30.3 Å². The molecule has 0 bridgehead atoms. The largest absolute Gasteiger partial charge is 0.455 e. The van der Waals surface area contributed by atoms with Crippen molar-refractivity contribution in [1.82, 2.24) is 9.97 Å². The number of carbonyl (C=O) groups is 2. The molecule has 2 aromatic heterocycles. The number of benzene rings is 2. The van der Waals surface area contributed by atoms with E-state index in [2.05, 4.69) is 47.1 Å². The van der Waals surface area contributed by atoms with Crippen molar-refractivity contribution in [2.24, 2.45) is 0 Å². The smallest absolute Gasteiger partial charge is 0.276 e. The number of hydrogen-bond acceptors (Lipinski definition) is 7. The van der Waals surface area contributed by atoms with Gasteiger partial charge in [-0.15, -0.1) is 0 Å². The molecule has 2 aliphatic heterocycles. The van der Waals surface area contributed by atoms with Crippen LogP contribution in [0.15, 0.2) is 69.9 Å². The first kappa shape index (κ1) is 31.9. The highest BCUT2D eigenvalue weighted by Gasteiger charge is 2.47. The molecule has 0 saturated carbocycles. The molecule has 6 rings (SSSR count). The Morgan fingerprint density at radius 3 is 1.84 bits per heavy atom. The van der Waals surface area contributed by atoms with Crippen molar-refractivity contribution in [3.63, 3.8) is 0 Å². The monoisotopic (exact) mass is 747 g/mol. The Hall–Kier alpha value is -4.55. The first-order valence-electron chi connectivity index (χ1n) is 12.9. The van der Waals surface area contributed by atoms with Crippen molar-refractivity contribution < 1.29 is 36.6 Å². The molecular formula is C30H19Br2F4N5O4. The Morgan fingerprint density at radius 1 is 0.800 bits per heavy atom. The molecule has 2 amide bonds. The summed E-state index contributed by atoms with van der Waals surface area (Å²) in [5.74, 6) is -4.08. The number of carbonyl (C=O) groups excluding carboxylic acids is 2. The van der Waals surface area contributed by atoms with Gasteiger partial charge in [-0.25, -0.2) is 27.5 Å². The van der Waals surface area contributed by atoms with Crippen LogP contribution in [0.3, 0.4) is 0 Å². The van der Waals surface area contributed by atoms with Crippen molar-refractivity contribution in [3.8, 4) is 17.8 Å². The van der Waals surface area contributed by atoms with Gasteiger partial charge >= 0.3 is 0 Å². The van der Waals surface area contributed by atoms with Gasteiger partial charge in [0.25, 0.3) is 11.8 Å². The first-order valence-corrected chi connectivity index (χ1v) is 14.4. The molecule has 2 atom stereocenters. The van der Waals surface area contributed by atoms with E-state index < -0.39 is 46.3 Å². The number of nitrogens with zero attached hydrogens (tertiary/aromatic N) is 4. The van der Waals surface area contributed by atoms with Crippen molar-refractivity contribution in [3.05, 3.63) is 104 Å². The molecule has 9 nitrogen and oxygen atoms in total. The third-order valence-electron chi connectivity index (χ3n) is 6.90. The molecule has 2 aromatic carbocycles. The van der Waals surface area contributed by atoms with Crippen LogP contribution < -0.4 is 19.7 Å². The van der Waals surface area contributed by atoms with Crippen LogP contribution in [0.1, 0.15) is 25.0 Å². The van der Waals surface area contributed by atoms with Crippen LogP contribution >= 0.6 is 31.9 Å². The fourth-order valence-electron chi connectivity index (χ4n) is 4.63. The third-order valence-corrected chi connectivity index (χ3v) is 7.77. The van der Waals surface area contributed by atoms with Gasteiger partial charge in [-0.05, 0) is 82.1 Å². The van der Waals surface area contributed by atoms with Crippen LogP contribution in [0, 0.1) is 34.6 Å². The van der Waals surface area contributed by atoms with E-state index in [1.807, 2.05) is 6.07 Å².